The number of hydrogen-bond donors (Lipinski definition) is 2. The first-order chi connectivity index (χ1) is 15.9. The SMILES string of the molecule is CC[C@H](C)[C@H](NC(=O)OCC1c2ccccc2-c2ccccc21)C(=O)N1CC(CC(=O)O)C1. The van der Waals surface area contributed by atoms with Crippen LogP contribution < -0.4 is 5.32 Å². The van der Waals surface area contributed by atoms with E-state index >= 15 is 0 Å². The number of carboxylic acid groups (broad SMARTS) is 1. The Kier molecular flexibility index (Phi) is 6.67. The normalized spacial score (nSPS) is 16.8. The average molecular weight is 451 g/mol. The number of alkyl carbamates (subject to hydrolysis) is 1. The van der Waals surface area contributed by atoms with E-state index in [0.717, 1.165) is 22.3 Å². The highest BCUT2D eigenvalue weighted by Crippen LogP contribution is 2.44. The number of ether oxygens (including phenoxy) is 1. The maximum atomic E-state index is 13.0. The number of benzene rings is 2. The molecule has 2 atom stereocenters. The maximum absolute atomic E-state index is 13.0. The van der Waals surface area contributed by atoms with Crippen molar-refractivity contribution in [3.63, 3.8) is 0 Å². The minimum Gasteiger partial charge on any atom is -0.481 e. The van der Waals surface area contributed by atoms with E-state index < -0.39 is 18.1 Å². The summed E-state index contributed by atoms with van der Waals surface area (Å²) in [5.74, 6) is -1.19. The molecule has 2 aliphatic rings. The second-order valence-corrected chi connectivity index (χ2v) is 9.04. The van der Waals surface area contributed by atoms with Crippen LogP contribution in [-0.4, -0.2) is 53.7 Å². The first kappa shape index (κ1) is 22.8. The van der Waals surface area contributed by atoms with Gasteiger partial charge in [-0.1, -0.05) is 68.8 Å². The quantitative estimate of drug-likeness (QED) is 0.637. The Morgan fingerprint density at radius 3 is 2.18 bits per heavy atom. The largest absolute Gasteiger partial charge is 0.481 e. The van der Waals surface area contributed by atoms with Gasteiger partial charge in [0.1, 0.15) is 12.6 Å². The van der Waals surface area contributed by atoms with Gasteiger partial charge in [-0.15, -0.1) is 0 Å². The minimum absolute atomic E-state index is 0.0292. The van der Waals surface area contributed by atoms with Crippen molar-refractivity contribution in [1.29, 1.82) is 0 Å². The minimum atomic E-state index is -0.859. The lowest BCUT2D eigenvalue weighted by atomic mass is 9.92. The highest BCUT2D eigenvalue weighted by Gasteiger charge is 2.38. The average Bonchev–Trinajstić information content (AvgIpc) is 3.11. The predicted octanol–water partition coefficient (Wildman–Crippen LogP) is 3.87. The van der Waals surface area contributed by atoms with E-state index in [0.29, 0.717) is 19.5 Å². The molecule has 0 unspecified atom stereocenters. The molecule has 1 saturated heterocycles. The molecule has 33 heavy (non-hydrogen) atoms. The fourth-order valence-electron chi connectivity index (χ4n) is 4.77. The van der Waals surface area contributed by atoms with E-state index in [1.807, 2.05) is 38.1 Å². The fraction of sp³-hybridized carbons (Fsp3) is 0.423. The number of nitrogens with one attached hydrogen (secondary N) is 1. The van der Waals surface area contributed by atoms with Gasteiger partial charge in [-0.3, -0.25) is 9.59 Å². The summed E-state index contributed by atoms with van der Waals surface area (Å²) in [6.45, 7) is 4.88. The molecule has 0 spiro atoms. The molecule has 1 fully saturated rings. The van der Waals surface area contributed by atoms with Crippen molar-refractivity contribution in [2.24, 2.45) is 11.8 Å². The molecular formula is C26H30N2O5. The van der Waals surface area contributed by atoms with Gasteiger partial charge in [-0.2, -0.15) is 0 Å². The number of fused-ring (bicyclic) bond motifs is 3. The maximum Gasteiger partial charge on any atom is 0.407 e. The van der Waals surface area contributed by atoms with Gasteiger partial charge >= 0.3 is 12.1 Å². The van der Waals surface area contributed by atoms with Crippen LogP contribution in [0.25, 0.3) is 11.1 Å². The van der Waals surface area contributed by atoms with Gasteiger partial charge in [0.2, 0.25) is 5.91 Å². The van der Waals surface area contributed by atoms with E-state index in [9.17, 15) is 14.4 Å². The van der Waals surface area contributed by atoms with Crippen molar-refractivity contribution in [2.75, 3.05) is 19.7 Å². The number of rotatable bonds is 8. The number of hydrogen-bond acceptors (Lipinski definition) is 4. The number of carboxylic acids is 1. The molecule has 4 rings (SSSR count). The lowest BCUT2D eigenvalue weighted by Gasteiger charge is -2.41. The number of likely N-dealkylation sites (tertiary alicyclic amines) is 1. The Hall–Kier alpha value is -3.35. The summed E-state index contributed by atoms with van der Waals surface area (Å²) in [7, 11) is 0. The molecule has 174 valence electrons. The highest BCUT2D eigenvalue weighted by atomic mass is 16.5. The topological polar surface area (TPSA) is 95.9 Å². The summed E-state index contributed by atoms with van der Waals surface area (Å²) >= 11 is 0. The summed E-state index contributed by atoms with van der Waals surface area (Å²) in [6.07, 6.45) is 0.155. The number of carbonyl (C=O) groups excluding carboxylic acids is 2. The molecule has 2 aromatic rings. The van der Waals surface area contributed by atoms with Crippen LogP contribution in [0, 0.1) is 11.8 Å². The summed E-state index contributed by atoms with van der Waals surface area (Å²) < 4.78 is 5.62. The zero-order valence-corrected chi connectivity index (χ0v) is 19.0. The van der Waals surface area contributed by atoms with Crippen molar-refractivity contribution in [3.8, 4) is 11.1 Å². The Labute approximate surface area is 193 Å². The third kappa shape index (κ3) is 4.72. The molecular weight excluding hydrogens is 420 g/mol. The molecule has 0 radical (unpaired) electrons. The summed E-state index contributed by atoms with van der Waals surface area (Å²) in [5.41, 5.74) is 4.57. The van der Waals surface area contributed by atoms with Gasteiger partial charge < -0.3 is 20.1 Å². The lowest BCUT2D eigenvalue weighted by Crippen LogP contribution is -2.59. The second kappa shape index (κ2) is 9.65. The molecule has 0 aromatic heterocycles. The number of carbonyl (C=O) groups is 3. The summed E-state index contributed by atoms with van der Waals surface area (Å²) in [5, 5.41) is 11.7. The number of amides is 2. The molecule has 7 nitrogen and oxygen atoms in total. The molecule has 2 aromatic carbocycles. The van der Waals surface area contributed by atoms with Gasteiger partial charge in [-0.05, 0) is 28.2 Å². The van der Waals surface area contributed by atoms with Crippen LogP contribution in [0.2, 0.25) is 0 Å². The zero-order valence-electron chi connectivity index (χ0n) is 19.0. The predicted molar refractivity (Wildman–Crippen MR) is 124 cm³/mol. The smallest absolute Gasteiger partial charge is 0.407 e. The monoisotopic (exact) mass is 450 g/mol. The third-order valence-electron chi connectivity index (χ3n) is 6.83. The molecule has 7 heteroatoms. The van der Waals surface area contributed by atoms with Gasteiger partial charge in [0, 0.05) is 24.9 Å². The lowest BCUT2D eigenvalue weighted by molar-refractivity contribution is -0.146. The fourth-order valence-corrected chi connectivity index (χ4v) is 4.77. The first-order valence-electron chi connectivity index (χ1n) is 11.5. The molecule has 1 aliphatic heterocycles. The van der Waals surface area contributed by atoms with E-state index in [4.69, 9.17) is 9.84 Å². The van der Waals surface area contributed by atoms with Crippen LogP contribution in [0.4, 0.5) is 4.79 Å². The van der Waals surface area contributed by atoms with E-state index in [1.165, 1.54) is 0 Å². The van der Waals surface area contributed by atoms with Crippen LogP contribution in [0.3, 0.4) is 0 Å². The second-order valence-electron chi connectivity index (χ2n) is 9.04. The highest BCUT2D eigenvalue weighted by molar-refractivity contribution is 5.87. The van der Waals surface area contributed by atoms with Crippen LogP contribution in [0.5, 0.6) is 0 Å². The van der Waals surface area contributed by atoms with Gasteiger partial charge in [0.15, 0.2) is 0 Å². The van der Waals surface area contributed by atoms with Gasteiger partial charge in [0.05, 0.1) is 6.42 Å². The first-order valence-corrected chi connectivity index (χ1v) is 11.5. The number of nitrogens with zero attached hydrogens (tertiary/aromatic N) is 1. The van der Waals surface area contributed by atoms with Crippen molar-refractivity contribution in [3.05, 3.63) is 59.7 Å². The van der Waals surface area contributed by atoms with E-state index in [1.54, 1.807) is 4.90 Å². The third-order valence-corrected chi connectivity index (χ3v) is 6.83. The summed E-state index contributed by atoms with van der Waals surface area (Å²) in [4.78, 5) is 38.2. The Morgan fingerprint density at radius 1 is 1.06 bits per heavy atom. The Morgan fingerprint density at radius 2 is 1.64 bits per heavy atom. The van der Waals surface area contributed by atoms with E-state index in [-0.39, 0.29) is 36.7 Å². The van der Waals surface area contributed by atoms with Crippen LogP contribution in [0.15, 0.2) is 48.5 Å². The van der Waals surface area contributed by atoms with Crippen LogP contribution in [-0.2, 0) is 14.3 Å². The van der Waals surface area contributed by atoms with Gasteiger partial charge in [0.25, 0.3) is 0 Å². The van der Waals surface area contributed by atoms with Crippen molar-refractivity contribution < 1.29 is 24.2 Å². The van der Waals surface area contributed by atoms with Crippen molar-refractivity contribution in [1.82, 2.24) is 10.2 Å². The van der Waals surface area contributed by atoms with Crippen LogP contribution in [0.1, 0.15) is 43.7 Å². The standard InChI is InChI=1S/C26H30N2O5/c1-3-16(2)24(25(31)28-13-17(14-28)12-23(29)30)27-26(32)33-15-22-20-10-6-4-8-18(20)19-9-5-7-11-21(19)22/h4-11,16-17,22,24H,3,12-15H2,1-2H3,(H,27,32)(H,29,30)/t16-,24-/m0/s1. The van der Waals surface area contributed by atoms with Crippen molar-refractivity contribution in [2.45, 2.75) is 38.6 Å². The van der Waals surface area contributed by atoms with Crippen molar-refractivity contribution >= 4 is 18.0 Å². The van der Waals surface area contributed by atoms with E-state index in [2.05, 4.69) is 29.6 Å². The Bertz CT molecular complexity index is 1000. The molecule has 2 N–H and O–H groups in total. The van der Waals surface area contributed by atoms with Crippen LogP contribution >= 0.6 is 0 Å². The summed E-state index contributed by atoms with van der Waals surface area (Å²) in [6, 6.07) is 15.6. The molecule has 0 bridgehead atoms. The zero-order chi connectivity index (χ0) is 23.5. The molecule has 1 heterocycles. The molecule has 0 saturated carbocycles. The Balaban J connectivity index is 1.39. The van der Waals surface area contributed by atoms with Gasteiger partial charge in [-0.25, -0.2) is 4.79 Å². The molecule has 1 aliphatic carbocycles. The number of aliphatic carboxylic acids is 1. The molecule has 2 amide bonds.